The normalized spacial score (nSPS) is 13.1. The molecule has 2 N–H and O–H groups in total. The molecule has 4 rings (SSSR count). The number of hydrogen-bond acceptors (Lipinski definition) is 8. The average Bonchev–Trinajstić information content (AvgIpc) is 3.51. The van der Waals surface area contributed by atoms with Gasteiger partial charge >= 0.3 is 0 Å². The molecule has 11 heteroatoms. The first-order chi connectivity index (χ1) is 17.2. The number of furan rings is 1. The third kappa shape index (κ3) is 5.19. The summed E-state index contributed by atoms with van der Waals surface area (Å²) in [6.45, 7) is 5.34. The molecular weight excluding hydrogens is 468 g/mol. The molecule has 11 nitrogen and oxygen atoms in total. The number of nitrogens with one attached hydrogen (secondary N) is 2. The van der Waals surface area contributed by atoms with Crippen molar-refractivity contribution in [1.29, 1.82) is 0 Å². The van der Waals surface area contributed by atoms with Crippen molar-refractivity contribution >= 4 is 23.7 Å². The van der Waals surface area contributed by atoms with E-state index in [1.165, 1.54) is 12.3 Å². The first-order valence-electron chi connectivity index (χ1n) is 11.1. The van der Waals surface area contributed by atoms with Crippen LogP contribution in [0.1, 0.15) is 35.5 Å². The van der Waals surface area contributed by atoms with Gasteiger partial charge in [-0.2, -0.15) is 5.10 Å². The van der Waals surface area contributed by atoms with Gasteiger partial charge in [0.25, 0.3) is 17.5 Å². The summed E-state index contributed by atoms with van der Waals surface area (Å²) < 4.78 is 16.3. The summed E-state index contributed by atoms with van der Waals surface area (Å²) >= 11 is 0. The van der Waals surface area contributed by atoms with Crippen molar-refractivity contribution in [2.45, 2.75) is 26.8 Å². The van der Waals surface area contributed by atoms with E-state index < -0.39 is 22.8 Å². The summed E-state index contributed by atoms with van der Waals surface area (Å²) in [5.74, 6) is 0.634. The molecule has 0 aliphatic carbocycles. The Morgan fingerprint density at radius 1 is 1.11 bits per heavy atom. The quantitative estimate of drug-likeness (QED) is 0.276. The number of fused-ring (bicyclic) bond motifs is 1. The smallest absolute Gasteiger partial charge is 0.273 e. The van der Waals surface area contributed by atoms with Crippen LogP contribution in [-0.4, -0.2) is 35.8 Å². The summed E-state index contributed by atoms with van der Waals surface area (Å²) in [5, 5.41) is 17.8. The second-order valence-corrected chi connectivity index (χ2v) is 8.41. The standard InChI is InChI=1S/C25H24N4O7/c1-14(2)23(27-24(30)16-7-9-21-22(11-16)35-13-34-21)25(31)28-26-12-17-8-10-20(36-17)18-5-4-6-19(15(18)3)29(32)33/h4-12,14,23H,13H2,1-3H3,(H,27,30)(H,28,31)/b26-12-/t23-/m0/s1. The minimum absolute atomic E-state index is 0.00565. The molecule has 2 aromatic carbocycles. The molecular formula is C25H24N4O7. The molecule has 0 bridgehead atoms. The fourth-order valence-electron chi connectivity index (χ4n) is 3.68. The monoisotopic (exact) mass is 492 g/mol. The van der Waals surface area contributed by atoms with Gasteiger partial charge in [-0.3, -0.25) is 19.7 Å². The molecule has 1 aliphatic rings. The third-order valence-corrected chi connectivity index (χ3v) is 5.63. The maximum Gasteiger partial charge on any atom is 0.273 e. The highest BCUT2D eigenvalue weighted by atomic mass is 16.7. The molecule has 0 unspecified atom stereocenters. The van der Waals surface area contributed by atoms with Crippen LogP contribution in [0.3, 0.4) is 0 Å². The van der Waals surface area contributed by atoms with E-state index >= 15 is 0 Å². The summed E-state index contributed by atoms with van der Waals surface area (Å²) in [4.78, 5) is 36.2. The number of rotatable bonds is 8. The molecule has 0 saturated heterocycles. The Morgan fingerprint density at radius 2 is 1.89 bits per heavy atom. The SMILES string of the molecule is Cc1c(-c2ccc(/C=N\NC(=O)[C@@H](NC(=O)c3ccc4c(c3)OCO4)C(C)C)o2)cccc1[N+](=O)[O-]. The van der Waals surface area contributed by atoms with Gasteiger partial charge in [-0.1, -0.05) is 26.0 Å². The van der Waals surface area contributed by atoms with Crippen LogP contribution in [0.4, 0.5) is 5.69 Å². The molecule has 1 atom stereocenters. The van der Waals surface area contributed by atoms with E-state index in [9.17, 15) is 19.7 Å². The number of benzene rings is 2. The van der Waals surface area contributed by atoms with E-state index in [0.29, 0.717) is 39.7 Å². The molecule has 36 heavy (non-hydrogen) atoms. The van der Waals surface area contributed by atoms with Crippen molar-refractivity contribution in [1.82, 2.24) is 10.7 Å². The molecule has 0 fully saturated rings. The Hall–Kier alpha value is -4.67. The van der Waals surface area contributed by atoms with Gasteiger partial charge in [0.2, 0.25) is 6.79 Å². The molecule has 0 radical (unpaired) electrons. The number of hydrazone groups is 1. The second-order valence-electron chi connectivity index (χ2n) is 8.41. The number of carbonyl (C=O) groups excluding carboxylic acids is 2. The third-order valence-electron chi connectivity index (χ3n) is 5.63. The van der Waals surface area contributed by atoms with Gasteiger partial charge in [0.05, 0.1) is 11.1 Å². The molecule has 2 heterocycles. The summed E-state index contributed by atoms with van der Waals surface area (Å²) in [5.41, 5.74) is 3.81. The average molecular weight is 492 g/mol. The lowest BCUT2D eigenvalue weighted by molar-refractivity contribution is -0.385. The van der Waals surface area contributed by atoms with Gasteiger partial charge in [0, 0.05) is 22.8 Å². The van der Waals surface area contributed by atoms with Crippen molar-refractivity contribution < 1.29 is 28.4 Å². The Kier molecular flexibility index (Phi) is 7.00. The van der Waals surface area contributed by atoms with Crippen molar-refractivity contribution in [3.63, 3.8) is 0 Å². The van der Waals surface area contributed by atoms with Crippen LogP contribution in [0.2, 0.25) is 0 Å². The number of carbonyl (C=O) groups is 2. The lowest BCUT2D eigenvalue weighted by Gasteiger charge is -2.20. The summed E-state index contributed by atoms with van der Waals surface area (Å²) in [6.07, 6.45) is 1.31. The molecule has 2 amide bonds. The number of nitrogens with zero attached hydrogens (tertiary/aromatic N) is 2. The zero-order chi connectivity index (χ0) is 25.8. The first-order valence-corrected chi connectivity index (χ1v) is 11.1. The lowest BCUT2D eigenvalue weighted by Crippen LogP contribution is -2.48. The van der Waals surface area contributed by atoms with E-state index in [1.54, 1.807) is 63.2 Å². The Bertz CT molecular complexity index is 1350. The predicted molar refractivity (Wildman–Crippen MR) is 130 cm³/mol. The lowest BCUT2D eigenvalue weighted by atomic mass is 10.0. The number of hydrogen-bond donors (Lipinski definition) is 2. The Morgan fingerprint density at radius 3 is 2.64 bits per heavy atom. The maximum atomic E-state index is 12.7. The molecule has 3 aromatic rings. The van der Waals surface area contributed by atoms with E-state index in [1.807, 2.05) is 0 Å². The van der Waals surface area contributed by atoms with E-state index in [0.717, 1.165) is 0 Å². The van der Waals surface area contributed by atoms with Crippen LogP contribution in [0.15, 0.2) is 58.0 Å². The van der Waals surface area contributed by atoms with Crippen molar-refractivity contribution in [2.24, 2.45) is 11.0 Å². The number of nitro benzene ring substituents is 1. The van der Waals surface area contributed by atoms with E-state index in [2.05, 4.69) is 15.8 Å². The topological polar surface area (TPSA) is 145 Å². The van der Waals surface area contributed by atoms with Crippen LogP contribution >= 0.6 is 0 Å². The zero-order valence-electron chi connectivity index (χ0n) is 19.8. The fraction of sp³-hybridized carbons (Fsp3) is 0.240. The molecule has 186 valence electrons. The number of ether oxygens (including phenoxy) is 2. The summed E-state index contributed by atoms with van der Waals surface area (Å²) in [6, 6.07) is 12.0. The Balaban J connectivity index is 1.40. The predicted octanol–water partition coefficient (Wildman–Crippen LogP) is 3.80. The van der Waals surface area contributed by atoms with Gasteiger partial charge in [0.1, 0.15) is 17.6 Å². The van der Waals surface area contributed by atoms with Crippen LogP contribution in [0.25, 0.3) is 11.3 Å². The van der Waals surface area contributed by atoms with E-state index in [4.69, 9.17) is 13.9 Å². The first kappa shape index (κ1) is 24.5. The molecule has 1 aliphatic heterocycles. The molecule has 0 spiro atoms. The maximum absolute atomic E-state index is 12.7. The highest BCUT2D eigenvalue weighted by Gasteiger charge is 2.25. The Labute approximate surface area is 206 Å². The number of amides is 2. The van der Waals surface area contributed by atoms with Gasteiger partial charge in [-0.25, -0.2) is 5.43 Å². The molecule has 0 saturated carbocycles. The van der Waals surface area contributed by atoms with Crippen LogP contribution in [0.5, 0.6) is 11.5 Å². The highest BCUT2D eigenvalue weighted by Crippen LogP contribution is 2.33. The molecule has 1 aromatic heterocycles. The van der Waals surface area contributed by atoms with E-state index in [-0.39, 0.29) is 18.4 Å². The van der Waals surface area contributed by atoms with Crippen molar-refractivity contribution in [3.05, 3.63) is 75.5 Å². The van der Waals surface area contributed by atoms with Gasteiger partial charge in [0.15, 0.2) is 11.5 Å². The van der Waals surface area contributed by atoms with Crippen molar-refractivity contribution in [2.75, 3.05) is 6.79 Å². The summed E-state index contributed by atoms with van der Waals surface area (Å²) in [7, 11) is 0. The fourth-order valence-corrected chi connectivity index (χ4v) is 3.68. The second kappa shape index (κ2) is 10.3. The van der Waals surface area contributed by atoms with Gasteiger partial charge in [-0.15, -0.1) is 0 Å². The highest BCUT2D eigenvalue weighted by molar-refractivity contribution is 5.98. The minimum Gasteiger partial charge on any atom is -0.455 e. The van der Waals surface area contributed by atoms with Crippen LogP contribution < -0.4 is 20.2 Å². The van der Waals surface area contributed by atoms with Gasteiger partial charge in [-0.05, 0) is 43.2 Å². The van der Waals surface area contributed by atoms with Crippen molar-refractivity contribution in [3.8, 4) is 22.8 Å². The van der Waals surface area contributed by atoms with Gasteiger partial charge < -0.3 is 19.2 Å². The largest absolute Gasteiger partial charge is 0.455 e. The van der Waals surface area contributed by atoms with Crippen LogP contribution in [-0.2, 0) is 4.79 Å². The van der Waals surface area contributed by atoms with Crippen LogP contribution in [0, 0.1) is 23.0 Å². The number of nitro groups is 1. The minimum atomic E-state index is -0.847. The zero-order valence-corrected chi connectivity index (χ0v) is 19.8.